The zero-order valence-corrected chi connectivity index (χ0v) is 10.1. The highest BCUT2D eigenvalue weighted by Gasteiger charge is 2.08. The maximum Gasteiger partial charge on any atom is 0.179 e. The summed E-state index contributed by atoms with van der Waals surface area (Å²) in [5, 5.41) is 0. The van der Waals surface area contributed by atoms with E-state index in [-0.39, 0.29) is 5.82 Å². The third kappa shape index (κ3) is 2.32. The molecule has 4 heteroatoms. The lowest BCUT2D eigenvalue weighted by Gasteiger charge is -2.05. The summed E-state index contributed by atoms with van der Waals surface area (Å²) in [4.78, 5) is 0. The van der Waals surface area contributed by atoms with Crippen molar-refractivity contribution in [1.29, 1.82) is 0 Å². The minimum atomic E-state index is -0.336. The van der Waals surface area contributed by atoms with Crippen LogP contribution in [-0.4, -0.2) is 6.61 Å². The molecule has 0 aliphatic rings. The molecular weight excluding hydrogens is 338 g/mol. The van der Waals surface area contributed by atoms with E-state index in [0.29, 0.717) is 16.8 Å². The maximum absolute atomic E-state index is 13.2. The molecule has 1 aromatic rings. The number of rotatable bonds is 2. The second-order valence-corrected chi connectivity index (χ2v) is 4.23. The van der Waals surface area contributed by atoms with E-state index in [1.54, 1.807) is 12.1 Å². The Morgan fingerprint density at radius 2 is 2.25 bits per heavy atom. The number of benzene rings is 1. The number of hydrogen-bond donors (Lipinski definition) is 0. The highest BCUT2D eigenvalue weighted by Crippen LogP contribution is 2.27. The van der Waals surface area contributed by atoms with Crippen molar-refractivity contribution in [3.8, 4) is 5.75 Å². The van der Waals surface area contributed by atoms with E-state index in [9.17, 15) is 4.39 Å². The molecule has 0 aliphatic carbocycles. The first-order chi connectivity index (χ1) is 5.65. The molecule has 0 amide bonds. The number of ether oxygens (including phenoxy) is 1. The second-order valence-electron chi connectivity index (χ2n) is 2.13. The molecule has 0 fully saturated rings. The Labute approximate surface area is 92.6 Å². The molecule has 0 saturated carbocycles. The Morgan fingerprint density at radius 3 is 2.83 bits per heavy atom. The molecule has 1 aromatic carbocycles. The SMILES string of the molecule is CCOc1cc(I)cc(Br)c1F. The fourth-order valence-electron chi connectivity index (χ4n) is 0.793. The molecule has 0 heterocycles. The quantitative estimate of drug-likeness (QED) is 0.588. The molecule has 0 radical (unpaired) electrons. The van der Waals surface area contributed by atoms with E-state index in [1.165, 1.54) is 0 Å². The van der Waals surface area contributed by atoms with Crippen molar-refractivity contribution in [3.63, 3.8) is 0 Å². The first-order valence-corrected chi connectivity index (χ1v) is 5.29. The predicted octanol–water partition coefficient (Wildman–Crippen LogP) is 3.59. The lowest BCUT2D eigenvalue weighted by molar-refractivity contribution is 0.320. The van der Waals surface area contributed by atoms with Crippen LogP contribution < -0.4 is 4.74 Å². The van der Waals surface area contributed by atoms with Crippen LogP contribution in [0.25, 0.3) is 0 Å². The van der Waals surface area contributed by atoms with Crippen LogP contribution in [0.4, 0.5) is 4.39 Å². The van der Waals surface area contributed by atoms with Crippen LogP contribution in [0.2, 0.25) is 0 Å². The summed E-state index contributed by atoms with van der Waals surface area (Å²) in [6.07, 6.45) is 0. The Bertz CT molecular complexity index is 291. The van der Waals surface area contributed by atoms with E-state index in [0.717, 1.165) is 3.57 Å². The maximum atomic E-state index is 13.2. The van der Waals surface area contributed by atoms with Crippen molar-refractivity contribution < 1.29 is 9.13 Å². The Balaban J connectivity index is 3.09. The Kier molecular flexibility index (Phi) is 3.77. The minimum absolute atomic E-state index is 0.302. The van der Waals surface area contributed by atoms with Gasteiger partial charge in [0.05, 0.1) is 11.1 Å². The van der Waals surface area contributed by atoms with Crippen molar-refractivity contribution >= 4 is 38.5 Å². The molecule has 0 bridgehead atoms. The number of halogens is 3. The van der Waals surface area contributed by atoms with Crippen LogP contribution in [0.1, 0.15) is 6.92 Å². The van der Waals surface area contributed by atoms with Crippen molar-refractivity contribution in [1.82, 2.24) is 0 Å². The van der Waals surface area contributed by atoms with E-state index < -0.39 is 0 Å². The molecule has 1 nitrogen and oxygen atoms in total. The van der Waals surface area contributed by atoms with E-state index in [1.807, 2.05) is 6.92 Å². The lowest BCUT2D eigenvalue weighted by Crippen LogP contribution is -1.95. The van der Waals surface area contributed by atoms with E-state index >= 15 is 0 Å². The highest BCUT2D eigenvalue weighted by molar-refractivity contribution is 14.1. The summed E-state index contributed by atoms with van der Waals surface area (Å²) in [6, 6.07) is 3.38. The van der Waals surface area contributed by atoms with Crippen LogP contribution >= 0.6 is 38.5 Å². The summed E-state index contributed by atoms with van der Waals surface area (Å²) >= 11 is 5.22. The molecule has 12 heavy (non-hydrogen) atoms. The molecule has 0 aromatic heterocycles. The summed E-state index contributed by atoms with van der Waals surface area (Å²) in [7, 11) is 0. The van der Waals surface area contributed by atoms with Gasteiger partial charge in [-0.1, -0.05) is 0 Å². The fraction of sp³-hybridized carbons (Fsp3) is 0.250. The van der Waals surface area contributed by atoms with E-state index in [2.05, 4.69) is 38.5 Å². The molecule has 0 unspecified atom stereocenters. The molecule has 66 valence electrons. The standard InChI is InChI=1S/C8H7BrFIO/c1-2-12-7-4-5(11)3-6(9)8(7)10/h3-4H,2H2,1H3. The average Bonchev–Trinajstić information content (AvgIpc) is 2.00. The molecule has 0 atom stereocenters. The minimum Gasteiger partial charge on any atom is -0.491 e. The van der Waals surface area contributed by atoms with Gasteiger partial charge in [-0.25, -0.2) is 4.39 Å². The summed E-state index contributed by atoms with van der Waals surface area (Å²) in [5.41, 5.74) is 0. The van der Waals surface area contributed by atoms with Crippen molar-refractivity contribution in [2.24, 2.45) is 0 Å². The third-order valence-electron chi connectivity index (χ3n) is 1.26. The zero-order valence-electron chi connectivity index (χ0n) is 6.40. The lowest BCUT2D eigenvalue weighted by atomic mass is 10.3. The first kappa shape index (κ1) is 10.2. The fourth-order valence-corrected chi connectivity index (χ4v) is 2.26. The van der Waals surface area contributed by atoms with Crippen LogP contribution in [0.3, 0.4) is 0 Å². The average molecular weight is 345 g/mol. The van der Waals surface area contributed by atoms with Gasteiger partial charge in [-0.2, -0.15) is 0 Å². The summed E-state index contributed by atoms with van der Waals surface area (Å²) < 4.78 is 19.7. The van der Waals surface area contributed by atoms with Gasteiger partial charge in [0.1, 0.15) is 0 Å². The summed E-state index contributed by atoms with van der Waals surface area (Å²) in [6.45, 7) is 2.30. The van der Waals surface area contributed by atoms with Gasteiger partial charge in [-0.05, 0) is 57.6 Å². The van der Waals surface area contributed by atoms with Gasteiger partial charge in [-0.3, -0.25) is 0 Å². The van der Waals surface area contributed by atoms with Crippen molar-refractivity contribution in [3.05, 3.63) is 26.0 Å². The molecule has 1 rings (SSSR count). The van der Waals surface area contributed by atoms with Crippen LogP contribution in [0, 0.1) is 9.39 Å². The van der Waals surface area contributed by atoms with Gasteiger partial charge < -0.3 is 4.74 Å². The van der Waals surface area contributed by atoms with Gasteiger partial charge in [0.15, 0.2) is 11.6 Å². The zero-order chi connectivity index (χ0) is 9.14. The van der Waals surface area contributed by atoms with Crippen molar-refractivity contribution in [2.45, 2.75) is 6.92 Å². The van der Waals surface area contributed by atoms with Crippen LogP contribution in [-0.2, 0) is 0 Å². The van der Waals surface area contributed by atoms with Crippen molar-refractivity contribution in [2.75, 3.05) is 6.61 Å². The third-order valence-corrected chi connectivity index (χ3v) is 2.46. The Hall–Kier alpha value is 0.160. The normalized spacial score (nSPS) is 10.0. The first-order valence-electron chi connectivity index (χ1n) is 3.42. The van der Waals surface area contributed by atoms with Gasteiger partial charge in [0.25, 0.3) is 0 Å². The van der Waals surface area contributed by atoms with Crippen LogP contribution in [0.15, 0.2) is 16.6 Å². The van der Waals surface area contributed by atoms with Gasteiger partial charge in [0, 0.05) is 3.57 Å². The predicted molar refractivity (Wildman–Crippen MR) is 58.0 cm³/mol. The van der Waals surface area contributed by atoms with Gasteiger partial charge in [-0.15, -0.1) is 0 Å². The Morgan fingerprint density at radius 1 is 1.58 bits per heavy atom. The van der Waals surface area contributed by atoms with E-state index in [4.69, 9.17) is 4.74 Å². The topological polar surface area (TPSA) is 9.23 Å². The second kappa shape index (κ2) is 4.41. The summed E-state index contributed by atoms with van der Waals surface area (Å²) in [5.74, 6) is -0.0338. The molecule has 0 N–H and O–H groups in total. The number of hydrogen-bond acceptors (Lipinski definition) is 1. The monoisotopic (exact) mass is 344 g/mol. The molecular formula is C8H7BrFIO. The van der Waals surface area contributed by atoms with Crippen LogP contribution in [0.5, 0.6) is 5.75 Å². The molecule has 0 saturated heterocycles. The van der Waals surface area contributed by atoms with Gasteiger partial charge >= 0.3 is 0 Å². The largest absolute Gasteiger partial charge is 0.491 e. The highest BCUT2D eigenvalue weighted by atomic mass is 127. The molecule has 0 spiro atoms. The van der Waals surface area contributed by atoms with Gasteiger partial charge in [0.2, 0.25) is 0 Å². The molecule has 0 aliphatic heterocycles. The smallest absolute Gasteiger partial charge is 0.179 e.